The fourth-order valence-electron chi connectivity index (χ4n) is 1.55. The molecule has 0 radical (unpaired) electrons. The van der Waals surface area contributed by atoms with Crippen LogP contribution in [0.3, 0.4) is 0 Å². The lowest BCUT2D eigenvalue weighted by Crippen LogP contribution is -2.26. The number of aromatic nitrogens is 1. The average Bonchev–Trinajstić information content (AvgIpc) is 2.70. The summed E-state index contributed by atoms with van der Waals surface area (Å²) in [6, 6.07) is 3.90. The Morgan fingerprint density at radius 2 is 2.35 bits per heavy atom. The van der Waals surface area contributed by atoms with Crippen molar-refractivity contribution in [1.29, 1.82) is 5.26 Å². The van der Waals surface area contributed by atoms with Gasteiger partial charge < -0.3 is 9.88 Å². The number of hydrogen-bond donors (Lipinski definition) is 1. The molecule has 0 aromatic carbocycles. The van der Waals surface area contributed by atoms with E-state index in [0.29, 0.717) is 18.7 Å². The lowest BCUT2D eigenvalue weighted by molar-refractivity contribution is 0.0944. The molecule has 0 spiro atoms. The van der Waals surface area contributed by atoms with Crippen LogP contribution >= 0.6 is 15.9 Å². The van der Waals surface area contributed by atoms with Crippen molar-refractivity contribution in [2.75, 3.05) is 6.54 Å². The predicted octanol–water partition coefficient (Wildman–Crippen LogP) is 2.69. The van der Waals surface area contributed by atoms with E-state index in [0.717, 1.165) is 23.9 Å². The number of nitriles is 1. The maximum absolute atomic E-state index is 11.9. The Hall–Kier alpha value is -1.28. The van der Waals surface area contributed by atoms with Crippen LogP contribution < -0.4 is 5.32 Å². The largest absolute Gasteiger partial charge is 0.351 e. The molecule has 1 aromatic rings. The van der Waals surface area contributed by atoms with Gasteiger partial charge in [-0.2, -0.15) is 5.26 Å². The van der Waals surface area contributed by atoms with E-state index in [2.05, 4.69) is 27.3 Å². The van der Waals surface area contributed by atoms with Crippen LogP contribution in [0.25, 0.3) is 0 Å². The molecule has 17 heavy (non-hydrogen) atoms. The number of aryl methyl sites for hydroxylation is 1. The van der Waals surface area contributed by atoms with Crippen molar-refractivity contribution < 1.29 is 4.79 Å². The molecular weight excluding hydrogens is 282 g/mol. The summed E-state index contributed by atoms with van der Waals surface area (Å²) in [6.07, 6.45) is 4.11. The summed E-state index contributed by atoms with van der Waals surface area (Å²) in [5.41, 5.74) is 0.666. The van der Waals surface area contributed by atoms with Crippen molar-refractivity contribution in [1.82, 2.24) is 9.88 Å². The molecule has 1 amide bonds. The first-order valence-electron chi connectivity index (χ1n) is 5.69. The molecule has 92 valence electrons. The quantitative estimate of drug-likeness (QED) is 0.821. The number of nitrogens with one attached hydrogen (secondary N) is 1. The summed E-state index contributed by atoms with van der Waals surface area (Å²) < 4.78 is 2.81. The molecule has 0 aliphatic carbocycles. The van der Waals surface area contributed by atoms with Gasteiger partial charge in [-0.1, -0.05) is 0 Å². The summed E-state index contributed by atoms with van der Waals surface area (Å²) in [4.78, 5) is 11.9. The lowest BCUT2D eigenvalue weighted by atomic mass is 10.2. The average molecular weight is 298 g/mol. The zero-order valence-corrected chi connectivity index (χ0v) is 11.5. The molecular formula is C12H16BrN3O. The summed E-state index contributed by atoms with van der Waals surface area (Å²) in [5.74, 6) is -0.0606. The number of halogens is 1. The fourth-order valence-corrected chi connectivity index (χ4v) is 2.01. The molecule has 0 atom stereocenters. The third-order valence-corrected chi connectivity index (χ3v) is 2.87. The van der Waals surface area contributed by atoms with Gasteiger partial charge in [-0.05, 0) is 41.8 Å². The molecule has 4 nitrogen and oxygen atoms in total. The molecule has 0 saturated carbocycles. The minimum atomic E-state index is -0.0606. The molecule has 1 N–H and O–H groups in total. The van der Waals surface area contributed by atoms with Crippen LogP contribution in [0, 0.1) is 11.3 Å². The van der Waals surface area contributed by atoms with Gasteiger partial charge in [0.05, 0.1) is 6.07 Å². The first-order chi connectivity index (χ1) is 8.19. The van der Waals surface area contributed by atoms with Gasteiger partial charge in [0.15, 0.2) is 0 Å². The maximum atomic E-state index is 11.9. The van der Waals surface area contributed by atoms with Crippen LogP contribution in [0.15, 0.2) is 16.7 Å². The first kappa shape index (κ1) is 13.8. The van der Waals surface area contributed by atoms with Crippen molar-refractivity contribution in [3.63, 3.8) is 0 Å². The van der Waals surface area contributed by atoms with Gasteiger partial charge in [0, 0.05) is 30.2 Å². The highest BCUT2D eigenvalue weighted by Gasteiger charge is 2.11. The molecule has 0 aliphatic heterocycles. The Labute approximate surface area is 110 Å². The van der Waals surface area contributed by atoms with Crippen molar-refractivity contribution in [3.8, 4) is 6.07 Å². The van der Waals surface area contributed by atoms with E-state index in [-0.39, 0.29) is 5.91 Å². The van der Waals surface area contributed by atoms with E-state index in [1.807, 2.05) is 23.8 Å². The normalized spacial score (nSPS) is 9.94. The smallest absolute Gasteiger partial charge is 0.267 e. The van der Waals surface area contributed by atoms with Crippen LogP contribution in [0.1, 0.15) is 36.7 Å². The third-order valence-electron chi connectivity index (χ3n) is 2.44. The Morgan fingerprint density at radius 3 is 3.00 bits per heavy atom. The van der Waals surface area contributed by atoms with E-state index < -0.39 is 0 Å². The molecule has 0 unspecified atom stereocenters. The van der Waals surface area contributed by atoms with Gasteiger partial charge in [-0.25, -0.2) is 0 Å². The Kier molecular flexibility index (Phi) is 5.78. The standard InChI is InChI=1S/C12H16BrN3O/c1-2-16-9-10(13)8-11(16)12(17)15-7-5-3-4-6-14/h8-9H,2-5,7H2,1H3,(H,15,17). The second kappa shape index (κ2) is 7.13. The first-order valence-corrected chi connectivity index (χ1v) is 6.49. The zero-order chi connectivity index (χ0) is 12.7. The van der Waals surface area contributed by atoms with Crippen LogP contribution in [-0.2, 0) is 6.54 Å². The van der Waals surface area contributed by atoms with Crippen LogP contribution in [0.5, 0.6) is 0 Å². The van der Waals surface area contributed by atoms with Crippen molar-refractivity contribution >= 4 is 21.8 Å². The highest BCUT2D eigenvalue weighted by molar-refractivity contribution is 9.10. The second-order valence-corrected chi connectivity index (χ2v) is 4.62. The van der Waals surface area contributed by atoms with Gasteiger partial charge in [-0.15, -0.1) is 0 Å². The van der Waals surface area contributed by atoms with E-state index in [4.69, 9.17) is 5.26 Å². The third kappa shape index (κ3) is 4.23. The number of carbonyl (C=O) groups is 1. The Bertz CT molecular complexity index is 420. The minimum Gasteiger partial charge on any atom is -0.351 e. The van der Waals surface area contributed by atoms with Crippen molar-refractivity contribution in [2.45, 2.75) is 32.7 Å². The lowest BCUT2D eigenvalue weighted by Gasteiger charge is -2.06. The molecule has 1 aromatic heterocycles. The van der Waals surface area contributed by atoms with Gasteiger partial charge in [0.1, 0.15) is 5.69 Å². The van der Waals surface area contributed by atoms with Gasteiger partial charge >= 0.3 is 0 Å². The van der Waals surface area contributed by atoms with E-state index in [9.17, 15) is 4.79 Å². The highest BCUT2D eigenvalue weighted by atomic mass is 79.9. The molecule has 5 heteroatoms. The number of carbonyl (C=O) groups excluding carboxylic acids is 1. The predicted molar refractivity (Wildman–Crippen MR) is 69.6 cm³/mol. The van der Waals surface area contributed by atoms with E-state index >= 15 is 0 Å². The van der Waals surface area contributed by atoms with Crippen LogP contribution in [0.2, 0.25) is 0 Å². The van der Waals surface area contributed by atoms with E-state index in [1.165, 1.54) is 0 Å². The van der Waals surface area contributed by atoms with Gasteiger partial charge in [-0.3, -0.25) is 4.79 Å². The van der Waals surface area contributed by atoms with Gasteiger partial charge in [0.2, 0.25) is 0 Å². The summed E-state index contributed by atoms with van der Waals surface area (Å²) in [5, 5.41) is 11.2. The molecule has 0 fully saturated rings. The monoisotopic (exact) mass is 297 g/mol. The summed E-state index contributed by atoms with van der Waals surface area (Å²) >= 11 is 3.36. The molecule has 1 heterocycles. The number of unbranched alkanes of at least 4 members (excludes halogenated alkanes) is 2. The number of rotatable bonds is 6. The molecule has 0 aliphatic rings. The second-order valence-electron chi connectivity index (χ2n) is 3.70. The molecule has 1 rings (SSSR count). The fraction of sp³-hybridized carbons (Fsp3) is 0.500. The number of nitrogens with zero attached hydrogens (tertiary/aromatic N) is 2. The Balaban J connectivity index is 2.44. The highest BCUT2D eigenvalue weighted by Crippen LogP contribution is 2.14. The van der Waals surface area contributed by atoms with Crippen molar-refractivity contribution in [3.05, 3.63) is 22.4 Å². The summed E-state index contributed by atoms with van der Waals surface area (Å²) in [7, 11) is 0. The topological polar surface area (TPSA) is 57.8 Å². The number of hydrogen-bond acceptors (Lipinski definition) is 2. The molecule has 0 saturated heterocycles. The van der Waals surface area contributed by atoms with Gasteiger partial charge in [0.25, 0.3) is 5.91 Å². The van der Waals surface area contributed by atoms with Crippen LogP contribution in [0.4, 0.5) is 0 Å². The molecule has 0 bridgehead atoms. The Morgan fingerprint density at radius 1 is 1.59 bits per heavy atom. The van der Waals surface area contributed by atoms with Crippen LogP contribution in [-0.4, -0.2) is 17.0 Å². The SMILES string of the molecule is CCn1cc(Br)cc1C(=O)NCCCCC#N. The zero-order valence-electron chi connectivity index (χ0n) is 9.87. The van der Waals surface area contributed by atoms with E-state index in [1.54, 1.807) is 0 Å². The summed E-state index contributed by atoms with van der Waals surface area (Å²) in [6.45, 7) is 3.38. The minimum absolute atomic E-state index is 0.0606. The number of amides is 1. The maximum Gasteiger partial charge on any atom is 0.267 e. The van der Waals surface area contributed by atoms with Crippen molar-refractivity contribution in [2.24, 2.45) is 0 Å².